The monoisotopic (exact) mass is 1010 g/mol. The Hall–Kier alpha value is -4.23. The average molecular weight is 1010 g/mol. The molecule has 27 nitrogen and oxygen atoms in total. The number of esters is 7. The van der Waals surface area contributed by atoms with Gasteiger partial charge in [-0.15, -0.1) is 0 Å². The van der Waals surface area contributed by atoms with E-state index >= 15 is 0 Å². The SMILES string of the molecule is COC(=O)C1O[C@@H](O[C@H]2C(OC(C)=O)C(OC(C)=O)[C@@H](O[C@H]3C(OC)C(OC)[C@@H](O[C@H]4C(COC(C)=O)O[C@@H](OC)C(OC(C)=O)[C@H]4OC)O[C@H]3C(=O)OC)O[C@@H]2COC(C)=O)C(OC)[C@@H](OC)[C@H]1C. The lowest BCUT2D eigenvalue weighted by Gasteiger charge is -2.51. The van der Waals surface area contributed by atoms with E-state index in [0.29, 0.717) is 0 Å². The first-order valence-electron chi connectivity index (χ1n) is 21.9. The molecule has 0 radical (unpaired) electrons. The van der Waals surface area contributed by atoms with Crippen molar-refractivity contribution < 1.29 is 128 Å². The second kappa shape index (κ2) is 27.0. The highest BCUT2D eigenvalue weighted by molar-refractivity contribution is 5.76. The van der Waals surface area contributed by atoms with Gasteiger partial charge in [-0.05, 0) is 0 Å². The molecule has 27 heteroatoms. The minimum atomic E-state index is -1.87. The molecular formula is C43H66O27. The van der Waals surface area contributed by atoms with Crippen molar-refractivity contribution in [1.29, 1.82) is 0 Å². The standard InChI is InChI=1S/C43H66O27/c1-17-25(51-7)34(54-10)41(66-26(17)38(49)56-12)68-28-24(16-60-19(3)45)65-43(37(63-22(6)48)31(28)61-20(4)46)69-32-30(53-9)35(55-11)42(70-33(32)39(50)57-13)67-27-23(15-59-18(2)44)64-40(58-14)36(29(27)52-8)62-21(5)47/h17,23-37,40-43H,15-16H2,1-14H3/t17-,23?,24-,25+,26?,27+,28-,29+,30?,31?,32+,33-,34?,35?,36?,37?,40-,41+,42+,43-/m1/s1. The molecule has 0 aromatic heterocycles. The van der Waals surface area contributed by atoms with Crippen LogP contribution in [0.25, 0.3) is 0 Å². The zero-order valence-corrected chi connectivity index (χ0v) is 41.5. The summed E-state index contributed by atoms with van der Waals surface area (Å²) in [6, 6.07) is 0. The molecule has 70 heavy (non-hydrogen) atoms. The zero-order chi connectivity index (χ0) is 52.1. The lowest BCUT2D eigenvalue weighted by Crippen LogP contribution is -2.69. The topological polar surface area (TPSA) is 304 Å². The predicted octanol–water partition coefficient (Wildman–Crippen LogP) is -1.33. The van der Waals surface area contributed by atoms with Crippen molar-refractivity contribution in [1.82, 2.24) is 0 Å². The molecule has 4 aliphatic heterocycles. The Morgan fingerprint density at radius 2 is 0.714 bits per heavy atom. The summed E-state index contributed by atoms with van der Waals surface area (Å²) in [5.74, 6) is -6.54. The van der Waals surface area contributed by atoms with E-state index in [1.54, 1.807) is 6.92 Å². The summed E-state index contributed by atoms with van der Waals surface area (Å²) in [6.45, 7) is 6.14. The van der Waals surface area contributed by atoms with Crippen molar-refractivity contribution in [2.24, 2.45) is 5.92 Å². The summed E-state index contributed by atoms with van der Waals surface area (Å²) in [4.78, 5) is 89.3. The van der Waals surface area contributed by atoms with Crippen LogP contribution in [-0.4, -0.2) is 229 Å². The van der Waals surface area contributed by atoms with E-state index in [1.165, 1.54) is 49.6 Å². The van der Waals surface area contributed by atoms with Crippen LogP contribution < -0.4 is 0 Å². The molecule has 8 unspecified atom stereocenters. The Bertz CT molecular complexity index is 1760. The highest BCUT2D eigenvalue weighted by atomic mass is 16.8. The first-order chi connectivity index (χ1) is 33.2. The van der Waals surface area contributed by atoms with Gasteiger partial charge in [0.25, 0.3) is 0 Å². The summed E-state index contributed by atoms with van der Waals surface area (Å²) in [5, 5.41) is 0. The van der Waals surface area contributed by atoms with Crippen molar-refractivity contribution in [2.45, 2.75) is 158 Å². The van der Waals surface area contributed by atoms with Gasteiger partial charge in [0, 0.05) is 83.2 Å². The van der Waals surface area contributed by atoms with Crippen molar-refractivity contribution in [3.63, 3.8) is 0 Å². The second-order valence-electron chi connectivity index (χ2n) is 16.2. The van der Waals surface area contributed by atoms with E-state index in [-0.39, 0.29) is 0 Å². The summed E-state index contributed by atoms with van der Waals surface area (Å²) in [5.41, 5.74) is 0. The molecule has 4 aliphatic rings. The first kappa shape index (κ1) is 58.3. The molecule has 4 saturated heterocycles. The molecule has 400 valence electrons. The van der Waals surface area contributed by atoms with E-state index in [0.717, 1.165) is 41.9 Å². The second-order valence-corrected chi connectivity index (χ2v) is 16.2. The molecule has 4 fully saturated rings. The molecule has 0 spiro atoms. The third-order valence-corrected chi connectivity index (χ3v) is 11.7. The normalized spacial score (nSPS) is 37.5. The van der Waals surface area contributed by atoms with Crippen LogP contribution in [0.2, 0.25) is 0 Å². The Morgan fingerprint density at radius 1 is 0.357 bits per heavy atom. The molecule has 0 bridgehead atoms. The number of methoxy groups -OCH3 is 8. The van der Waals surface area contributed by atoms with E-state index in [4.69, 9.17) is 94.7 Å². The van der Waals surface area contributed by atoms with Gasteiger partial charge in [-0.25, -0.2) is 9.59 Å². The van der Waals surface area contributed by atoms with Crippen molar-refractivity contribution in [2.75, 3.05) is 70.1 Å². The molecule has 0 aromatic carbocycles. The highest BCUT2D eigenvalue weighted by Gasteiger charge is 2.60. The minimum Gasteiger partial charge on any atom is -0.467 e. The molecular weight excluding hydrogens is 948 g/mol. The van der Waals surface area contributed by atoms with Gasteiger partial charge >= 0.3 is 41.8 Å². The van der Waals surface area contributed by atoms with Crippen LogP contribution in [0.3, 0.4) is 0 Å². The number of hydrogen-bond acceptors (Lipinski definition) is 27. The number of carbonyl (C=O) groups is 7. The van der Waals surface area contributed by atoms with Gasteiger partial charge in [-0.1, -0.05) is 6.92 Å². The van der Waals surface area contributed by atoms with Gasteiger partial charge in [-0.3, -0.25) is 24.0 Å². The lowest BCUT2D eigenvalue weighted by molar-refractivity contribution is -0.386. The molecule has 0 N–H and O–H groups in total. The summed E-state index contributed by atoms with van der Waals surface area (Å²) in [7, 11) is 9.99. The largest absolute Gasteiger partial charge is 0.467 e. The van der Waals surface area contributed by atoms with E-state index in [2.05, 4.69) is 0 Å². The van der Waals surface area contributed by atoms with Gasteiger partial charge in [0.05, 0.1) is 20.3 Å². The van der Waals surface area contributed by atoms with Crippen LogP contribution in [-0.2, 0) is 128 Å². The number of rotatable bonds is 21. The molecule has 0 saturated carbocycles. The molecule has 0 aliphatic carbocycles. The number of ether oxygens (including phenoxy) is 20. The maximum Gasteiger partial charge on any atom is 0.337 e. The Balaban J connectivity index is 1.81. The van der Waals surface area contributed by atoms with Crippen LogP contribution in [0, 0.1) is 5.92 Å². The van der Waals surface area contributed by atoms with Crippen LogP contribution in [0.1, 0.15) is 41.5 Å². The number of carbonyl (C=O) groups excluding carboxylic acids is 7. The maximum atomic E-state index is 13.8. The molecule has 0 aromatic rings. The van der Waals surface area contributed by atoms with Crippen molar-refractivity contribution >= 4 is 41.8 Å². The van der Waals surface area contributed by atoms with Gasteiger partial charge < -0.3 is 94.7 Å². The van der Waals surface area contributed by atoms with Gasteiger partial charge in [0.2, 0.25) is 0 Å². The van der Waals surface area contributed by atoms with Crippen LogP contribution in [0.15, 0.2) is 0 Å². The Labute approximate surface area is 403 Å². The third-order valence-electron chi connectivity index (χ3n) is 11.7. The van der Waals surface area contributed by atoms with Crippen molar-refractivity contribution in [3.05, 3.63) is 0 Å². The summed E-state index contributed by atoms with van der Waals surface area (Å²) < 4.78 is 117. The molecule has 0 amide bonds. The van der Waals surface area contributed by atoms with Crippen LogP contribution in [0.5, 0.6) is 0 Å². The Morgan fingerprint density at radius 3 is 1.14 bits per heavy atom. The minimum absolute atomic E-state index is 0.424. The number of hydrogen-bond donors (Lipinski definition) is 0. The fourth-order valence-electron chi connectivity index (χ4n) is 8.70. The van der Waals surface area contributed by atoms with Gasteiger partial charge in [-0.2, -0.15) is 0 Å². The van der Waals surface area contributed by atoms with Crippen LogP contribution in [0.4, 0.5) is 0 Å². The smallest absolute Gasteiger partial charge is 0.337 e. The summed E-state index contributed by atoms with van der Waals surface area (Å²) in [6.07, 6.45) is -27.2. The van der Waals surface area contributed by atoms with Gasteiger partial charge in [0.1, 0.15) is 68.1 Å². The fraction of sp³-hybridized carbons (Fsp3) is 0.837. The molecule has 20 atom stereocenters. The van der Waals surface area contributed by atoms with Crippen LogP contribution >= 0.6 is 0 Å². The predicted molar refractivity (Wildman–Crippen MR) is 223 cm³/mol. The zero-order valence-electron chi connectivity index (χ0n) is 41.5. The van der Waals surface area contributed by atoms with E-state index < -0.39 is 178 Å². The first-order valence-corrected chi connectivity index (χ1v) is 21.9. The molecule has 4 heterocycles. The Kier molecular flexibility index (Phi) is 22.5. The van der Waals surface area contributed by atoms with Gasteiger partial charge in [0.15, 0.2) is 55.7 Å². The maximum absolute atomic E-state index is 13.8. The van der Waals surface area contributed by atoms with Crippen molar-refractivity contribution in [3.8, 4) is 0 Å². The average Bonchev–Trinajstić information content (AvgIpc) is 3.31. The highest BCUT2D eigenvalue weighted by Crippen LogP contribution is 2.39. The van der Waals surface area contributed by atoms with E-state index in [1.807, 2.05) is 0 Å². The van der Waals surface area contributed by atoms with E-state index in [9.17, 15) is 33.6 Å². The summed E-state index contributed by atoms with van der Waals surface area (Å²) >= 11 is 0. The lowest BCUT2D eigenvalue weighted by atomic mass is 9.90. The third kappa shape index (κ3) is 14.0. The quantitative estimate of drug-likeness (QED) is 0.0950. The molecule has 4 rings (SSSR count). The fourth-order valence-corrected chi connectivity index (χ4v) is 8.70.